The highest BCUT2D eigenvalue weighted by Crippen LogP contribution is 2.42. The predicted octanol–water partition coefficient (Wildman–Crippen LogP) is 5.82. The normalized spacial score (nSPS) is 11.1. The third-order valence-corrected chi connectivity index (χ3v) is 4.71. The van der Waals surface area contributed by atoms with Crippen LogP contribution in [0.1, 0.15) is 5.56 Å². The van der Waals surface area contributed by atoms with Gasteiger partial charge in [-0.15, -0.1) is 0 Å². The largest absolute Gasteiger partial charge is 0.496 e. The fraction of sp³-hybridized carbons (Fsp3) is 0.130. The first-order chi connectivity index (χ1) is 12.3. The zero-order valence-electron chi connectivity index (χ0n) is 14.5. The molecule has 0 unspecified atom stereocenters. The maximum absolute atomic E-state index is 5.65. The van der Waals surface area contributed by atoms with Gasteiger partial charge in [0.2, 0.25) is 0 Å². The van der Waals surface area contributed by atoms with Crippen molar-refractivity contribution in [3.8, 4) is 16.9 Å². The molecule has 0 bridgehead atoms. The average Bonchev–Trinajstić information content (AvgIpc) is 2.68. The maximum Gasteiger partial charge on any atom is 0.126 e. The van der Waals surface area contributed by atoms with Gasteiger partial charge >= 0.3 is 0 Å². The Morgan fingerprint density at radius 3 is 1.88 bits per heavy atom. The fourth-order valence-corrected chi connectivity index (χ4v) is 3.67. The van der Waals surface area contributed by atoms with Crippen LogP contribution in [0.4, 0.5) is 0 Å². The van der Waals surface area contributed by atoms with Crippen LogP contribution in [0.3, 0.4) is 0 Å². The van der Waals surface area contributed by atoms with Crippen molar-refractivity contribution >= 4 is 21.5 Å². The molecule has 0 aliphatic carbocycles. The van der Waals surface area contributed by atoms with Crippen LogP contribution in [0.25, 0.3) is 32.7 Å². The lowest BCUT2D eigenvalue weighted by molar-refractivity contribution is 0.186. The lowest BCUT2D eigenvalue weighted by Crippen LogP contribution is -1.98. The highest BCUT2D eigenvalue weighted by atomic mass is 16.5. The molecule has 0 amide bonds. The summed E-state index contributed by atoms with van der Waals surface area (Å²) < 4.78 is 11.2. The molecule has 4 aromatic carbocycles. The third kappa shape index (κ3) is 2.55. The smallest absolute Gasteiger partial charge is 0.126 e. The van der Waals surface area contributed by atoms with E-state index in [0.717, 1.165) is 11.3 Å². The number of methoxy groups -OCH3 is 2. The van der Waals surface area contributed by atoms with Crippen molar-refractivity contribution in [2.24, 2.45) is 0 Å². The molecule has 0 aliphatic rings. The standard InChI is InChI=1S/C23H20O2/c1-24-15-21-18-11-4-3-9-16(18)17-10-5-6-12-19(17)23(21)20-13-7-8-14-22(20)25-2/h3-14H,15H2,1-2H3. The second-order valence-corrected chi connectivity index (χ2v) is 6.08. The van der Waals surface area contributed by atoms with Crippen LogP contribution in [0.5, 0.6) is 5.75 Å². The van der Waals surface area contributed by atoms with Gasteiger partial charge in [-0.3, -0.25) is 0 Å². The lowest BCUT2D eigenvalue weighted by Gasteiger charge is -2.19. The Bertz CT molecular complexity index is 1050. The molecule has 0 saturated heterocycles. The number of fused-ring (bicyclic) bond motifs is 3. The number of benzene rings is 4. The molecule has 0 N–H and O–H groups in total. The van der Waals surface area contributed by atoms with Crippen molar-refractivity contribution in [3.63, 3.8) is 0 Å². The molecule has 4 rings (SSSR count). The molecule has 0 fully saturated rings. The number of rotatable bonds is 4. The van der Waals surface area contributed by atoms with Crippen molar-refractivity contribution in [1.29, 1.82) is 0 Å². The fourth-order valence-electron chi connectivity index (χ4n) is 3.67. The van der Waals surface area contributed by atoms with Gasteiger partial charge in [0.15, 0.2) is 0 Å². The minimum absolute atomic E-state index is 0.554. The van der Waals surface area contributed by atoms with Crippen LogP contribution >= 0.6 is 0 Å². The summed E-state index contributed by atoms with van der Waals surface area (Å²) in [6.45, 7) is 0.554. The topological polar surface area (TPSA) is 18.5 Å². The summed E-state index contributed by atoms with van der Waals surface area (Å²) in [7, 11) is 3.47. The van der Waals surface area contributed by atoms with E-state index in [0.29, 0.717) is 6.61 Å². The van der Waals surface area contributed by atoms with Crippen LogP contribution in [0.15, 0.2) is 72.8 Å². The molecule has 0 aliphatic heterocycles. The van der Waals surface area contributed by atoms with Crippen LogP contribution in [0.2, 0.25) is 0 Å². The van der Waals surface area contributed by atoms with E-state index >= 15 is 0 Å². The van der Waals surface area contributed by atoms with Gasteiger partial charge in [0.05, 0.1) is 13.7 Å². The van der Waals surface area contributed by atoms with Crippen LogP contribution in [0, 0.1) is 0 Å². The second-order valence-electron chi connectivity index (χ2n) is 6.08. The first-order valence-electron chi connectivity index (χ1n) is 8.39. The number of ether oxygens (including phenoxy) is 2. The summed E-state index contributed by atoms with van der Waals surface area (Å²) in [6, 6.07) is 25.3. The van der Waals surface area contributed by atoms with E-state index < -0.39 is 0 Å². The molecule has 0 atom stereocenters. The Balaban J connectivity index is 2.23. The van der Waals surface area contributed by atoms with Crippen molar-refractivity contribution < 1.29 is 9.47 Å². The lowest BCUT2D eigenvalue weighted by atomic mass is 9.88. The molecule has 2 nitrogen and oxygen atoms in total. The van der Waals surface area contributed by atoms with Gasteiger partial charge in [-0.1, -0.05) is 66.7 Å². The van der Waals surface area contributed by atoms with E-state index in [2.05, 4.69) is 60.7 Å². The Kier molecular flexibility index (Phi) is 4.12. The monoisotopic (exact) mass is 328 g/mol. The summed E-state index contributed by atoms with van der Waals surface area (Å²) in [4.78, 5) is 0. The SMILES string of the molecule is COCc1c(-c2ccccc2OC)c2ccccc2c2ccccc12. The van der Waals surface area contributed by atoms with Crippen molar-refractivity contribution in [2.75, 3.05) is 14.2 Å². The van der Waals surface area contributed by atoms with Gasteiger partial charge in [0, 0.05) is 12.7 Å². The van der Waals surface area contributed by atoms with Crippen molar-refractivity contribution in [2.45, 2.75) is 6.61 Å². The minimum atomic E-state index is 0.554. The Morgan fingerprint density at radius 1 is 0.640 bits per heavy atom. The van der Waals surface area contributed by atoms with Crippen molar-refractivity contribution in [1.82, 2.24) is 0 Å². The van der Waals surface area contributed by atoms with E-state index in [1.807, 2.05) is 12.1 Å². The summed E-state index contributed by atoms with van der Waals surface area (Å²) in [5.74, 6) is 0.875. The summed E-state index contributed by atoms with van der Waals surface area (Å²) >= 11 is 0. The highest BCUT2D eigenvalue weighted by molar-refractivity contribution is 6.16. The third-order valence-electron chi connectivity index (χ3n) is 4.71. The molecular formula is C23H20O2. The van der Waals surface area contributed by atoms with Gasteiger partial charge in [-0.25, -0.2) is 0 Å². The second kappa shape index (κ2) is 6.58. The minimum Gasteiger partial charge on any atom is -0.496 e. The van der Waals surface area contributed by atoms with Crippen LogP contribution < -0.4 is 4.74 Å². The Labute approximate surface area is 147 Å². The van der Waals surface area contributed by atoms with Gasteiger partial charge in [-0.2, -0.15) is 0 Å². The van der Waals surface area contributed by atoms with Crippen molar-refractivity contribution in [3.05, 3.63) is 78.4 Å². The summed E-state index contributed by atoms with van der Waals surface area (Å²) in [6.07, 6.45) is 0. The van der Waals surface area contributed by atoms with E-state index in [4.69, 9.17) is 9.47 Å². The van der Waals surface area contributed by atoms with Crippen LogP contribution in [-0.2, 0) is 11.3 Å². The average molecular weight is 328 g/mol. The molecule has 0 heterocycles. The quantitative estimate of drug-likeness (QED) is 0.440. The zero-order valence-corrected chi connectivity index (χ0v) is 14.5. The number of hydrogen-bond donors (Lipinski definition) is 0. The summed E-state index contributed by atoms with van der Waals surface area (Å²) in [5.41, 5.74) is 3.48. The molecule has 0 aromatic heterocycles. The van der Waals surface area contributed by atoms with Gasteiger partial charge in [0.1, 0.15) is 5.75 Å². The molecule has 0 radical (unpaired) electrons. The van der Waals surface area contributed by atoms with Gasteiger partial charge in [-0.05, 0) is 38.7 Å². The van der Waals surface area contributed by atoms with Gasteiger partial charge < -0.3 is 9.47 Å². The number of para-hydroxylation sites is 1. The van der Waals surface area contributed by atoms with E-state index in [1.165, 1.54) is 32.7 Å². The molecule has 4 aromatic rings. The molecule has 0 saturated carbocycles. The zero-order chi connectivity index (χ0) is 17.2. The Morgan fingerprint density at radius 2 is 1.20 bits per heavy atom. The predicted molar refractivity (Wildman–Crippen MR) is 104 cm³/mol. The maximum atomic E-state index is 5.65. The van der Waals surface area contributed by atoms with E-state index in [9.17, 15) is 0 Å². The molecule has 124 valence electrons. The molecular weight excluding hydrogens is 308 g/mol. The van der Waals surface area contributed by atoms with E-state index in [1.54, 1.807) is 14.2 Å². The Hall–Kier alpha value is -2.84. The molecule has 0 spiro atoms. The highest BCUT2D eigenvalue weighted by Gasteiger charge is 2.17. The summed E-state index contributed by atoms with van der Waals surface area (Å²) in [5, 5.41) is 4.95. The first kappa shape index (κ1) is 15.7. The first-order valence-corrected chi connectivity index (χ1v) is 8.39. The molecule has 2 heteroatoms. The van der Waals surface area contributed by atoms with Gasteiger partial charge in [0.25, 0.3) is 0 Å². The molecule has 25 heavy (non-hydrogen) atoms. The van der Waals surface area contributed by atoms with Crippen LogP contribution in [-0.4, -0.2) is 14.2 Å². The number of hydrogen-bond acceptors (Lipinski definition) is 2. The van der Waals surface area contributed by atoms with E-state index in [-0.39, 0.29) is 0 Å².